The van der Waals surface area contributed by atoms with E-state index in [1.54, 1.807) is 18.0 Å². The minimum absolute atomic E-state index is 0.0476. The van der Waals surface area contributed by atoms with Crippen LogP contribution in [-0.4, -0.2) is 66.4 Å². The van der Waals surface area contributed by atoms with Crippen molar-refractivity contribution in [3.8, 4) is 0 Å². The fraction of sp³-hybridized carbons (Fsp3) is 0.609. The van der Waals surface area contributed by atoms with Crippen molar-refractivity contribution >= 4 is 22.6 Å². The van der Waals surface area contributed by atoms with Crippen molar-refractivity contribution in [3.05, 3.63) is 34.9 Å². The molecule has 2 fully saturated rings. The second-order valence-electron chi connectivity index (χ2n) is 8.55. The zero-order valence-corrected chi connectivity index (χ0v) is 18.4. The normalized spacial score (nSPS) is 18.2. The molecule has 2 aliphatic rings. The second-order valence-corrected chi connectivity index (χ2v) is 8.55. The molecule has 1 saturated heterocycles. The van der Waals surface area contributed by atoms with E-state index in [-0.39, 0.29) is 11.6 Å². The number of benzene rings is 1. The second kappa shape index (κ2) is 10.1. The van der Waals surface area contributed by atoms with Crippen molar-refractivity contribution in [2.75, 3.05) is 44.8 Å². The van der Waals surface area contributed by atoms with Gasteiger partial charge >= 0.3 is 6.03 Å². The Balaban J connectivity index is 1.36. The fourth-order valence-electron chi connectivity index (χ4n) is 4.55. The molecular weight excluding hydrogens is 394 g/mol. The fourth-order valence-corrected chi connectivity index (χ4v) is 4.55. The molecule has 2 aromatic rings. The summed E-state index contributed by atoms with van der Waals surface area (Å²) in [5, 5.41) is 3.86. The number of aromatic nitrogens is 2. The number of fused-ring (bicyclic) bond motifs is 1. The summed E-state index contributed by atoms with van der Waals surface area (Å²) in [6, 6.07) is 6.20. The first-order valence-electron chi connectivity index (χ1n) is 11.4. The van der Waals surface area contributed by atoms with Gasteiger partial charge in [-0.15, -0.1) is 0 Å². The third kappa shape index (κ3) is 5.18. The van der Waals surface area contributed by atoms with Gasteiger partial charge in [0.2, 0.25) is 0 Å². The maximum absolute atomic E-state index is 12.7. The van der Waals surface area contributed by atoms with Crippen LogP contribution >= 0.6 is 0 Å². The summed E-state index contributed by atoms with van der Waals surface area (Å²) in [7, 11) is 1.62. The van der Waals surface area contributed by atoms with Crippen LogP contribution in [0.15, 0.2) is 29.3 Å². The zero-order chi connectivity index (χ0) is 21.6. The number of rotatable bonds is 5. The lowest BCUT2D eigenvalue weighted by molar-refractivity contribution is 0.186. The number of methoxy groups -OCH3 is 1. The number of anilines is 1. The van der Waals surface area contributed by atoms with Gasteiger partial charge in [0, 0.05) is 45.0 Å². The first-order chi connectivity index (χ1) is 15.2. The molecule has 31 heavy (non-hydrogen) atoms. The van der Waals surface area contributed by atoms with Crippen molar-refractivity contribution < 1.29 is 9.53 Å². The largest absolute Gasteiger partial charge is 0.383 e. The lowest BCUT2D eigenvalue weighted by Gasteiger charge is -2.36. The molecule has 8 heteroatoms. The van der Waals surface area contributed by atoms with Gasteiger partial charge in [-0.3, -0.25) is 9.36 Å². The van der Waals surface area contributed by atoms with E-state index in [4.69, 9.17) is 4.74 Å². The van der Waals surface area contributed by atoms with Gasteiger partial charge in [0.05, 0.1) is 30.4 Å². The summed E-state index contributed by atoms with van der Waals surface area (Å²) >= 11 is 0. The quantitative estimate of drug-likeness (QED) is 0.742. The Kier molecular flexibility index (Phi) is 7.06. The van der Waals surface area contributed by atoms with E-state index < -0.39 is 0 Å². The highest BCUT2D eigenvalue weighted by Gasteiger charge is 2.24. The van der Waals surface area contributed by atoms with E-state index in [1.807, 2.05) is 23.1 Å². The van der Waals surface area contributed by atoms with Gasteiger partial charge in [-0.25, -0.2) is 9.78 Å². The van der Waals surface area contributed by atoms with Crippen LogP contribution in [0.5, 0.6) is 0 Å². The summed E-state index contributed by atoms with van der Waals surface area (Å²) < 4.78 is 6.64. The maximum Gasteiger partial charge on any atom is 0.317 e. The molecule has 4 rings (SSSR count). The van der Waals surface area contributed by atoms with Crippen LogP contribution in [0.1, 0.15) is 38.5 Å². The van der Waals surface area contributed by atoms with Gasteiger partial charge in [0.15, 0.2) is 0 Å². The highest BCUT2D eigenvalue weighted by atomic mass is 16.5. The molecule has 1 aliphatic carbocycles. The Morgan fingerprint density at radius 1 is 1.13 bits per heavy atom. The Morgan fingerprint density at radius 2 is 1.87 bits per heavy atom. The predicted molar refractivity (Wildman–Crippen MR) is 122 cm³/mol. The summed E-state index contributed by atoms with van der Waals surface area (Å²) in [5.74, 6) is 0. The standard InChI is InChI=1S/C23H33N5O3/c1-31-15-14-28-17-24-21-16-19(8-9-20(21)22(28)29)26-10-12-27(13-11-26)23(30)25-18-6-4-2-3-5-7-18/h8-9,16-18H,2-7,10-15H2,1H3,(H,25,30). The lowest BCUT2D eigenvalue weighted by Crippen LogP contribution is -2.53. The van der Waals surface area contributed by atoms with Crippen LogP contribution in [-0.2, 0) is 11.3 Å². The summed E-state index contributed by atoms with van der Waals surface area (Å²) in [5.41, 5.74) is 1.69. The number of urea groups is 1. The molecule has 1 aromatic carbocycles. The third-order valence-corrected chi connectivity index (χ3v) is 6.46. The van der Waals surface area contributed by atoms with Gasteiger partial charge < -0.3 is 19.9 Å². The van der Waals surface area contributed by atoms with E-state index in [0.717, 1.165) is 31.6 Å². The Bertz CT molecular complexity index is 944. The molecule has 1 aromatic heterocycles. The number of nitrogens with zero attached hydrogens (tertiary/aromatic N) is 4. The number of ether oxygens (including phenoxy) is 1. The van der Waals surface area contributed by atoms with Crippen molar-refractivity contribution in [3.63, 3.8) is 0 Å². The van der Waals surface area contributed by atoms with Crippen LogP contribution in [0.25, 0.3) is 10.9 Å². The first-order valence-corrected chi connectivity index (χ1v) is 11.4. The Hall–Kier alpha value is -2.61. The van der Waals surface area contributed by atoms with Gasteiger partial charge in [-0.2, -0.15) is 0 Å². The summed E-state index contributed by atoms with van der Waals surface area (Å²) in [6.45, 7) is 3.91. The monoisotopic (exact) mass is 427 g/mol. The summed E-state index contributed by atoms with van der Waals surface area (Å²) in [4.78, 5) is 34.0. The highest BCUT2D eigenvalue weighted by Crippen LogP contribution is 2.21. The molecule has 168 valence electrons. The van der Waals surface area contributed by atoms with Crippen LogP contribution in [0.3, 0.4) is 0 Å². The van der Waals surface area contributed by atoms with E-state index >= 15 is 0 Å². The van der Waals surface area contributed by atoms with Crippen molar-refractivity contribution in [2.24, 2.45) is 0 Å². The van der Waals surface area contributed by atoms with Gasteiger partial charge in [0.1, 0.15) is 0 Å². The van der Waals surface area contributed by atoms with Gasteiger partial charge in [-0.05, 0) is 31.0 Å². The molecule has 1 N–H and O–H groups in total. The highest BCUT2D eigenvalue weighted by molar-refractivity contribution is 5.81. The zero-order valence-electron chi connectivity index (χ0n) is 18.4. The molecule has 0 spiro atoms. The van der Waals surface area contributed by atoms with E-state index in [9.17, 15) is 9.59 Å². The number of hydrogen-bond acceptors (Lipinski definition) is 5. The molecule has 2 heterocycles. The number of hydrogen-bond donors (Lipinski definition) is 1. The number of piperazine rings is 1. The molecule has 1 aliphatic heterocycles. The maximum atomic E-state index is 12.7. The Labute approximate surface area is 183 Å². The molecular formula is C23H33N5O3. The van der Waals surface area contributed by atoms with Crippen molar-refractivity contribution in [1.82, 2.24) is 19.8 Å². The SMILES string of the molecule is COCCn1cnc2cc(N3CCN(C(=O)NC4CCCCCC4)CC3)ccc2c1=O. The van der Waals surface area contributed by atoms with Crippen LogP contribution < -0.4 is 15.8 Å². The minimum Gasteiger partial charge on any atom is -0.383 e. The molecule has 0 bridgehead atoms. The topological polar surface area (TPSA) is 79.7 Å². The van der Waals surface area contributed by atoms with Crippen molar-refractivity contribution in [1.29, 1.82) is 0 Å². The predicted octanol–water partition coefficient (Wildman–Crippen LogP) is 2.60. The molecule has 2 amide bonds. The lowest BCUT2D eigenvalue weighted by atomic mass is 10.1. The van der Waals surface area contributed by atoms with E-state index in [1.165, 1.54) is 25.7 Å². The van der Waals surface area contributed by atoms with Crippen LogP contribution in [0.4, 0.5) is 10.5 Å². The average molecular weight is 428 g/mol. The van der Waals surface area contributed by atoms with Gasteiger partial charge in [0.25, 0.3) is 5.56 Å². The number of carbonyl (C=O) groups excluding carboxylic acids is 1. The molecule has 0 atom stereocenters. The van der Waals surface area contributed by atoms with Crippen molar-refractivity contribution in [2.45, 2.75) is 51.1 Å². The minimum atomic E-state index is -0.0476. The molecule has 8 nitrogen and oxygen atoms in total. The average Bonchev–Trinajstić information content (AvgIpc) is 3.07. The Morgan fingerprint density at radius 3 is 2.58 bits per heavy atom. The number of amides is 2. The molecule has 1 saturated carbocycles. The van der Waals surface area contributed by atoms with Crippen LogP contribution in [0.2, 0.25) is 0 Å². The number of carbonyl (C=O) groups is 1. The smallest absolute Gasteiger partial charge is 0.317 e. The molecule has 0 radical (unpaired) electrons. The number of nitrogens with one attached hydrogen (secondary N) is 1. The third-order valence-electron chi connectivity index (χ3n) is 6.46. The summed E-state index contributed by atoms with van der Waals surface area (Å²) in [6.07, 6.45) is 8.78. The van der Waals surface area contributed by atoms with E-state index in [0.29, 0.717) is 43.2 Å². The van der Waals surface area contributed by atoms with Crippen LogP contribution in [0, 0.1) is 0 Å². The molecule has 0 unspecified atom stereocenters. The van der Waals surface area contributed by atoms with Gasteiger partial charge in [-0.1, -0.05) is 25.7 Å². The van der Waals surface area contributed by atoms with E-state index in [2.05, 4.69) is 15.2 Å². The first kappa shape index (κ1) is 21.6.